The molecule has 3 aromatic rings. The molecule has 2 N–H and O–H groups in total. The molecule has 1 amide bonds. The lowest BCUT2D eigenvalue weighted by Crippen LogP contribution is -2.49. The number of ether oxygens (including phenoxy) is 1. The van der Waals surface area contributed by atoms with Crippen molar-refractivity contribution in [1.29, 1.82) is 0 Å². The third-order valence-corrected chi connectivity index (χ3v) is 6.26. The number of nitrogens with zero attached hydrogens (tertiary/aromatic N) is 1. The van der Waals surface area contributed by atoms with Gasteiger partial charge in [-0.15, -0.1) is 0 Å². The molecular weight excluding hydrogens is 396 g/mol. The fourth-order valence-corrected chi connectivity index (χ4v) is 4.70. The molecule has 3 aromatic carbocycles. The zero-order valence-corrected chi connectivity index (χ0v) is 17.4. The predicted octanol–water partition coefficient (Wildman–Crippen LogP) is 3.96. The first-order valence-corrected chi connectivity index (χ1v) is 10.5. The summed E-state index contributed by atoms with van der Waals surface area (Å²) < 4.78 is 108. The molecule has 4 heteroatoms. The lowest BCUT2D eigenvalue weighted by Gasteiger charge is -2.37. The van der Waals surface area contributed by atoms with Gasteiger partial charge in [0.1, 0.15) is 11.2 Å². The summed E-state index contributed by atoms with van der Waals surface area (Å²) in [6.07, 6.45) is -1.13. The second-order valence-corrected chi connectivity index (χ2v) is 7.99. The molecule has 164 valence electrons. The fourth-order valence-electron chi connectivity index (χ4n) is 4.70. The van der Waals surface area contributed by atoms with Crippen LogP contribution in [-0.2, 0) is 23.0 Å². The van der Waals surface area contributed by atoms with E-state index in [1.807, 2.05) is 0 Å². The fraction of sp³-hybridized carbons (Fsp3) is 0.321. The van der Waals surface area contributed by atoms with E-state index in [2.05, 4.69) is 0 Å². The number of carbonyl (C=O) groups is 1. The van der Waals surface area contributed by atoms with Gasteiger partial charge in [-0.1, -0.05) is 72.6 Å². The van der Waals surface area contributed by atoms with Crippen molar-refractivity contribution in [2.45, 2.75) is 24.6 Å². The first kappa shape index (κ1) is 11.2. The van der Waals surface area contributed by atoms with Crippen LogP contribution >= 0.6 is 0 Å². The van der Waals surface area contributed by atoms with Crippen molar-refractivity contribution in [3.05, 3.63) is 101 Å². The number of carbonyl (C=O) groups excluding carboxylic acids is 1. The van der Waals surface area contributed by atoms with Gasteiger partial charge in [-0.2, -0.15) is 0 Å². The molecule has 0 saturated carbocycles. The summed E-state index contributed by atoms with van der Waals surface area (Å²) in [6.45, 7) is 0.490. The first-order valence-electron chi connectivity index (χ1n) is 16.5. The molecule has 2 aliphatic heterocycles. The Labute approximate surface area is 206 Å². The summed E-state index contributed by atoms with van der Waals surface area (Å²) in [5.74, 6) is -1.59. The Morgan fingerprint density at radius 1 is 1.12 bits per heavy atom. The Morgan fingerprint density at radius 3 is 2.47 bits per heavy atom. The average molecular weight is 439 g/mol. The van der Waals surface area contributed by atoms with Gasteiger partial charge >= 0.3 is 0 Å². The number of nitrogens with two attached hydrogens (primary N) is 1. The van der Waals surface area contributed by atoms with Gasteiger partial charge in [-0.3, -0.25) is 4.79 Å². The highest BCUT2D eigenvalue weighted by Gasteiger charge is 2.49. The number of rotatable bonds is 7. The van der Waals surface area contributed by atoms with Gasteiger partial charge in [0.15, 0.2) is 0 Å². The van der Waals surface area contributed by atoms with Crippen molar-refractivity contribution < 1.29 is 26.0 Å². The summed E-state index contributed by atoms with van der Waals surface area (Å²) in [4.78, 5) is 15.5. The zero-order chi connectivity index (χ0) is 32.5. The van der Waals surface area contributed by atoms with Gasteiger partial charge < -0.3 is 15.4 Å². The minimum absolute atomic E-state index is 0.0825. The molecule has 0 spiro atoms. The minimum Gasteiger partial charge on any atom is -0.493 e. The molecule has 1 fully saturated rings. The molecule has 1 saturated heterocycles. The van der Waals surface area contributed by atoms with Gasteiger partial charge in [0.25, 0.3) is 0 Å². The standard InChI is InChI=1S/C28H30N2O2/c29-27(31)28(23-7-3-1-4-8-23,24-9-5-2-6-10-24)25-14-17-30(20-25)16-13-21-11-12-26-22(19-21)15-18-32-26/h1-12,19,25H,13-18,20H2,(H2,29,31)/t25-/m1/s1/i1D,2D,3D,4D,5D,6D,7D,8D,9D,10D,13D2. The van der Waals surface area contributed by atoms with E-state index in [4.69, 9.17) is 26.9 Å². The maximum absolute atomic E-state index is 13.8. The Bertz CT molecular complexity index is 1570. The third kappa shape index (κ3) is 3.69. The molecule has 1 atom stereocenters. The summed E-state index contributed by atoms with van der Waals surface area (Å²) in [6, 6.07) is -2.57. The molecule has 0 bridgehead atoms. The molecule has 5 rings (SSSR count). The minimum atomic E-state index is -2.45. The molecule has 0 aromatic heterocycles. The number of benzene rings is 3. The highest BCUT2D eigenvalue weighted by Crippen LogP contribution is 2.43. The summed E-state index contributed by atoms with van der Waals surface area (Å²) >= 11 is 0. The second kappa shape index (κ2) is 8.79. The highest BCUT2D eigenvalue weighted by molar-refractivity contribution is 5.91. The van der Waals surface area contributed by atoms with Gasteiger partial charge in [-0.05, 0) is 53.6 Å². The second-order valence-electron chi connectivity index (χ2n) is 7.99. The van der Waals surface area contributed by atoms with Crippen LogP contribution in [0, 0.1) is 5.92 Å². The van der Waals surface area contributed by atoms with Crippen molar-refractivity contribution in [3.63, 3.8) is 0 Å². The molecule has 0 unspecified atom stereocenters. The van der Waals surface area contributed by atoms with E-state index in [0.29, 0.717) is 24.3 Å². The molecular formula is C28H30N2O2. The monoisotopic (exact) mass is 438 g/mol. The normalized spacial score (nSPS) is 24.1. The van der Waals surface area contributed by atoms with Crippen LogP contribution in [-0.4, -0.2) is 37.0 Å². The molecule has 0 aliphatic carbocycles. The zero-order valence-electron chi connectivity index (χ0n) is 29.4. The Balaban J connectivity index is 1.68. The van der Waals surface area contributed by atoms with Crippen LogP contribution in [0.4, 0.5) is 0 Å². The van der Waals surface area contributed by atoms with Crippen LogP contribution in [0.15, 0.2) is 78.6 Å². The number of amides is 1. The van der Waals surface area contributed by atoms with Crippen molar-refractivity contribution in [3.8, 4) is 5.75 Å². The van der Waals surface area contributed by atoms with E-state index in [1.165, 1.54) is 0 Å². The number of likely N-dealkylation sites (tertiary alicyclic amines) is 1. The summed E-state index contributed by atoms with van der Waals surface area (Å²) in [5, 5.41) is 0. The number of primary amides is 1. The first-order chi connectivity index (χ1) is 20.5. The van der Waals surface area contributed by atoms with Gasteiger partial charge in [0, 0.05) is 22.3 Å². The van der Waals surface area contributed by atoms with E-state index in [1.54, 1.807) is 23.1 Å². The summed E-state index contributed by atoms with van der Waals surface area (Å²) in [7, 11) is 0. The van der Waals surface area contributed by atoms with Gasteiger partial charge in [0.2, 0.25) is 5.91 Å². The van der Waals surface area contributed by atoms with Crippen LogP contribution in [0.1, 0.15) is 45.1 Å². The van der Waals surface area contributed by atoms with Crippen LogP contribution in [0.3, 0.4) is 0 Å². The Morgan fingerprint density at radius 2 is 1.81 bits per heavy atom. The Hall–Kier alpha value is -3.11. The molecule has 2 aliphatic rings. The van der Waals surface area contributed by atoms with Gasteiger partial charge in [-0.25, -0.2) is 0 Å². The van der Waals surface area contributed by atoms with E-state index < -0.39 is 95.2 Å². The Kier molecular flexibility index (Phi) is 3.06. The van der Waals surface area contributed by atoms with Crippen molar-refractivity contribution in [1.82, 2.24) is 4.90 Å². The average Bonchev–Trinajstić information content (AvgIpc) is 3.65. The van der Waals surface area contributed by atoms with Crippen LogP contribution in [0.5, 0.6) is 5.75 Å². The summed E-state index contributed by atoms with van der Waals surface area (Å²) in [5.41, 5.74) is 3.76. The molecule has 4 nitrogen and oxygen atoms in total. The van der Waals surface area contributed by atoms with Crippen LogP contribution < -0.4 is 10.5 Å². The van der Waals surface area contributed by atoms with E-state index in [-0.39, 0.29) is 26.1 Å². The molecule has 0 radical (unpaired) electrons. The lowest BCUT2D eigenvalue weighted by atomic mass is 9.64. The third-order valence-electron chi connectivity index (χ3n) is 6.26. The quantitative estimate of drug-likeness (QED) is 0.608. The van der Waals surface area contributed by atoms with Crippen molar-refractivity contribution >= 4 is 5.91 Å². The van der Waals surface area contributed by atoms with E-state index in [0.717, 1.165) is 5.56 Å². The predicted molar refractivity (Wildman–Crippen MR) is 127 cm³/mol. The van der Waals surface area contributed by atoms with Crippen LogP contribution in [0.25, 0.3) is 0 Å². The topological polar surface area (TPSA) is 55.6 Å². The van der Waals surface area contributed by atoms with Gasteiger partial charge in [0.05, 0.1) is 20.3 Å². The van der Waals surface area contributed by atoms with Crippen molar-refractivity contribution in [2.24, 2.45) is 11.7 Å². The number of hydrogen-bond acceptors (Lipinski definition) is 3. The molecule has 2 heterocycles. The highest BCUT2D eigenvalue weighted by atomic mass is 16.5. The van der Waals surface area contributed by atoms with E-state index >= 15 is 0 Å². The largest absolute Gasteiger partial charge is 0.493 e. The molecule has 32 heavy (non-hydrogen) atoms. The SMILES string of the molecule is [2H]c1c([2H])c([2H])c(C(C(N)=O)(c2c([2H])c([2H])c([2H])c([2H])c2[2H])[C@@H]2CCN(CC([2H])([2H])c3ccc4c(c3)CCO4)C2)c([2H])c1[2H]. The smallest absolute Gasteiger partial charge is 0.232 e. The maximum atomic E-state index is 13.8. The number of fused-ring (bicyclic) bond motifs is 1. The number of hydrogen-bond donors (Lipinski definition) is 1. The van der Waals surface area contributed by atoms with Crippen molar-refractivity contribution in [2.75, 3.05) is 26.2 Å². The maximum Gasteiger partial charge on any atom is 0.232 e. The lowest BCUT2D eigenvalue weighted by molar-refractivity contribution is -0.123. The van der Waals surface area contributed by atoms with Crippen LogP contribution in [0.2, 0.25) is 0 Å². The van der Waals surface area contributed by atoms with E-state index in [9.17, 15) is 4.79 Å².